The highest BCUT2D eigenvalue weighted by Crippen LogP contribution is 2.15. The van der Waals surface area contributed by atoms with Crippen molar-refractivity contribution in [2.24, 2.45) is 11.7 Å². The summed E-state index contributed by atoms with van der Waals surface area (Å²) >= 11 is 7.42. The molecule has 94 valence electrons. The smallest absolute Gasteiger partial charge is 0.234 e. The van der Waals surface area contributed by atoms with E-state index in [0.29, 0.717) is 23.2 Å². The van der Waals surface area contributed by atoms with Gasteiger partial charge in [0.15, 0.2) is 0 Å². The van der Waals surface area contributed by atoms with Crippen molar-refractivity contribution in [2.45, 2.75) is 6.92 Å². The van der Waals surface area contributed by atoms with Crippen molar-refractivity contribution in [3.05, 3.63) is 29.3 Å². The van der Waals surface area contributed by atoms with Crippen molar-refractivity contribution >= 4 is 35.0 Å². The highest BCUT2D eigenvalue weighted by Gasteiger charge is 2.05. The van der Waals surface area contributed by atoms with Gasteiger partial charge in [0.25, 0.3) is 0 Å². The van der Waals surface area contributed by atoms with E-state index in [1.165, 1.54) is 0 Å². The van der Waals surface area contributed by atoms with Crippen LogP contribution in [0.3, 0.4) is 0 Å². The molecule has 3 nitrogen and oxygen atoms in total. The molecule has 0 spiro atoms. The van der Waals surface area contributed by atoms with Gasteiger partial charge < -0.3 is 11.1 Å². The molecule has 1 unspecified atom stereocenters. The van der Waals surface area contributed by atoms with E-state index in [1.54, 1.807) is 23.9 Å². The van der Waals surface area contributed by atoms with Crippen LogP contribution >= 0.6 is 23.4 Å². The number of benzene rings is 1. The number of halogens is 1. The molecule has 0 saturated carbocycles. The van der Waals surface area contributed by atoms with Gasteiger partial charge in [0.2, 0.25) is 5.91 Å². The topological polar surface area (TPSA) is 55.1 Å². The molecule has 0 bridgehead atoms. The molecule has 1 rings (SSSR count). The molecule has 0 fully saturated rings. The van der Waals surface area contributed by atoms with Gasteiger partial charge in [0, 0.05) is 10.7 Å². The third kappa shape index (κ3) is 5.96. The molecule has 0 aliphatic carbocycles. The zero-order valence-electron chi connectivity index (χ0n) is 9.78. The fourth-order valence-corrected chi connectivity index (χ4v) is 2.29. The Morgan fingerprint density at radius 3 is 3.00 bits per heavy atom. The number of carbonyl (C=O) groups is 1. The maximum Gasteiger partial charge on any atom is 0.234 e. The van der Waals surface area contributed by atoms with Gasteiger partial charge in [-0.2, -0.15) is 11.8 Å². The summed E-state index contributed by atoms with van der Waals surface area (Å²) in [6.07, 6.45) is 0. The summed E-state index contributed by atoms with van der Waals surface area (Å²) in [7, 11) is 0. The summed E-state index contributed by atoms with van der Waals surface area (Å²) < 4.78 is 0. The van der Waals surface area contributed by atoms with E-state index in [-0.39, 0.29) is 5.91 Å². The molecule has 0 heterocycles. The van der Waals surface area contributed by atoms with E-state index in [2.05, 4.69) is 12.2 Å². The minimum atomic E-state index is -0.0125. The highest BCUT2D eigenvalue weighted by molar-refractivity contribution is 7.99. The summed E-state index contributed by atoms with van der Waals surface area (Å²) in [6.45, 7) is 2.73. The van der Waals surface area contributed by atoms with Gasteiger partial charge in [-0.05, 0) is 36.4 Å². The predicted molar refractivity (Wildman–Crippen MR) is 75.6 cm³/mol. The molecule has 1 amide bonds. The highest BCUT2D eigenvalue weighted by atomic mass is 35.5. The zero-order chi connectivity index (χ0) is 12.7. The molecular weight excluding hydrogens is 256 g/mol. The summed E-state index contributed by atoms with van der Waals surface area (Å²) in [5.74, 6) is 1.77. The molecule has 5 heteroatoms. The molecule has 0 saturated heterocycles. The summed E-state index contributed by atoms with van der Waals surface area (Å²) in [5.41, 5.74) is 6.23. The van der Waals surface area contributed by atoms with Crippen molar-refractivity contribution in [2.75, 3.05) is 23.4 Å². The van der Waals surface area contributed by atoms with Crippen LogP contribution in [0.25, 0.3) is 0 Å². The van der Waals surface area contributed by atoms with Crippen molar-refractivity contribution in [1.29, 1.82) is 0 Å². The largest absolute Gasteiger partial charge is 0.330 e. The average Bonchev–Trinajstić information content (AvgIpc) is 2.28. The minimum Gasteiger partial charge on any atom is -0.330 e. The molecule has 0 radical (unpaired) electrons. The van der Waals surface area contributed by atoms with Gasteiger partial charge in [-0.1, -0.05) is 24.6 Å². The van der Waals surface area contributed by atoms with Crippen LogP contribution in [0, 0.1) is 5.92 Å². The summed E-state index contributed by atoms with van der Waals surface area (Å²) in [5, 5.41) is 3.42. The number of nitrogens with two attached hydrogens (primary N) is 1. The van der Waals surface area contributed by atoms with Gasteiger partial charge in [0.1, 0.15) is 0 Å². The molecule has 1 atom stereocenters. The van der Waals surface area contributed by atoms with E-state index in [0.717, 1.165) is 11.4 Å². The van der Waals surface area contributed by atoms with E-state index in [1.807, 2.05) is 12.1 Å². The Morgan fingerprint density at radius 1 is 1.59 bits per heavy atom. The average molecular weight is 273 g/mol. The first kappa shape index (κ1) is 14.4. The number of hydrogen-bond donors (Lipinski definition) is 2. The van der Waals surface area contributed by atoms with Crippen LogP contribution in [-0.4, -0.2) is 24.0 Å². The number of amides is 1. The third-order valence-corrected chi connectivity index (χ3v) is 3.65. The van der Waals surface area contributed by atoms with E-state index in [4.69, 9.17) is 17.3 Å². The maximum atomic E-state index is 11.6. The molecule has 0 aliphatic rings. The lowest BCUT2D eigenvalue weighted by atomic mass is 10.2. The van der Waals surface area contributed by atoms with Gasteiger partial charge >= 0.3 is 0 Å². The molecule has 1 aromatic carbocycles. The first-order valence-corrected chi connectivity index (χ1v) is 6.98. The first-order valence-electron chi connectivity index (χ1n) is 5.45. The number of carbonyl (C=O) groups excluding carboxylic acids is 1. The van der Waals surface area contributed by atoms with Crippen molar-refractivity contribution in [3.63, 3.8) is 0 Å². The van der Waals surface area contributed by atoms with E-state index < -0.39 is 0 Å². The first-order chi connectivity index (χ1) is 8.11. The van der Waals surface area contributed by atoms with Gasteiger partial charge in [-0.15, -0.1) is 0 Å². The third-order valence-electron chi connectivity index (χ3n) is 2.15. The Balaban J connectivity index is 2.30. The Kier molecular flexibility index (Phi) is 6.40. The maximum absolute atomic E-state index is 11.6. The molecule has 17 heavy (non-hydrogen) atoms. The Morgan fingerprint density at radius 2 is 2.35 bits per heavy atom. The van der Waals surface area contributed by atoms with Crippen LogP contribution < -0.4 is 11.1 Å². The van der Waals surface area contributed by atoms with Crippen LogP contribution in [0.5, 0.6) is 0 Å². The second-order valence-electron chi connectivity index (χ2n) is 3.91. The monoisotopic (exact) mass is 272 g/mol. The lowest BCUT2D eigenvalue weighted by molar-refractivity contribution is -0.113. The lowest BCUT2D eigenvalue weighted by Gasteiger charge is -2.08. The van der Waals surface area contributed by atoms with Crippen molar-refractivity contribution < 1.29 is 4.79 Å². The lowest BCUT2D eigenvalue weighted by Crippen LogP contribution is -2.17. The SMILES string of the molecule is CC(CN)CSCC(=O)Nc1cccc(Cl)c1. The Hall–Kier alpha value is -0.710. The summed E-state index contributed by atoms with van der Waals surface area (Å²) in [6, 6.07) is 7.13. The fourth-order valence-electron chi connectivity index (χ4n) is 1.18. The van der Waals surface area contributed by atoms with Crippen molar-refractivity contribution in [3.8, 4) is 0 Å². The quantitative estimate of drug-likeness (QED) is 0.837. The number of hydrogen-bond acceptors (Lipinski definition) is 3. The number of anilines is 1. The Labute approximate surface area is 111 Å². The van der Waals surface area contributed by atoms with Gasteiger partial charge in [0.05, 0.1) is 5.75 Å². The second-order valence-corrected chi connectivity index (χ2v) is 5.38. The number of rotatable bonds is 6. The van der Waals surface area contributed by atoms with Gasteiger partial charge in [-0.3, -0.25) is 4.79 Å². The molecule has 1 aromatic rings. The zero-order valence-corrected chi connectivity index (χ0v) is 11.4. The van der Waals surface area contributed by atoms with Crippen LogP contribution in [0.15, 0.2) is 24.3 Å². The van der Waals surface area contributed by atoms with E-state index in [9.17, 15) is 4.79 Å². The molecule has 3 N–H and O–H groups in total. The Bertz CT molecular complexity index is 373. The molecule has 0 aromatic heterocycles. The number of thioether (sulfide) groups is 1. The minimum absolute atomic E-state index is 0.0125. The van der Waals surface area contributed by atoms with Crippen molar-refractivity contribution in [1.82, 2.24) is 0 Å². The van der Waals surface area contributed by atoms with E-state index >= 15 is 0 Å². The van der Waals surface area contributed by atoms with Crippen LogP contribution in [-0.2, 0) is 4.79 Å². The second kappa shape index (κ2) is 7.58. The molecular formula is C12H17ClN2OS. The normalized spacial score (nSPS) is 12.2. The van der Waals surface area contributed by atoms with Gasteiger partial charge in [-0.25, -0.2) is 0 Å². The van der Waals surface area contributed by atoms with Crippen LogP contribution in [0.1, 0.15) is 6.92 Å². The van der Waals surface area contributed by atoms with Crippen LogP contribution in [0.4, 0.5) is 5.69 Å². The predicted octanol–water partition coefficient (Wildman–Crippen LogP) is 2.61. The van der Waals surface area contributed by atoms with Crippen LogP contribution in [0.2, 0.25) is 5.02 Å². The standard InChI is InChI=1S/C12H17ClN2OS/c1-9(6-14)7-17-8-12(16)15-11-4-2-3-10(13)5-11/h2-5,9H,6-8,14H2,1H3,(H,15,16). The summed E-state index contributed by atoms with van der Waals surface area (Å²) in [4.78, 5) is 11.6. The number of nitrogens with one attached hydrogen (secondary N) is 1. The molecule has 0 aliphatic heterocycles. The fraction of sp³-hybridized carbons (Fsp3) is 0.417.